The largest absolute Gasteiger partial charge is 0.294 e. The van der Waals surface area contributed by atoms with Gasteiger partial charge in [-0.3, -0.25) is 4.79 Å². The average Bonchev–Trinajstić information content (AvgIpc) is 2.10. The first-order valence-electron chi connectivity index (χ1n) is 4.48. The van der Waals surface area contributed by atoms with Crippen LogP contribution in [0.1, 0.15) is 20.3 Å². The molecule has 0 radical (unpaired) electrons. The summed E-state index contributed by atoms with van der Waals surface area (Å²) >= 11 is 12.9. The number of allylic oxidation sites excluding steroid dienone is 2. The van der Waals surface area contributed by atoms with Crippen LogP contribution in [-0.4, -0.2) is 21.3 Å². The molecule has 14 heavy (non-hydrogen) atoms. The van der Waals surface area contributed by atoms with Crippen LogP contribution in [0, 0.1) is 5.41 Å². The van der Waals surface area contributed by atoms with E-state index >= 15 is 0 Å². The van der Waals surface area contributed by atoms with Crippen molar-refractivity contribution >= 4 is 49.2 Å². The van der Waals surface area contributed by atoms with Gasteiger partial charge in [-0.25, -0.2) is 0 Å². The molecule has 0 fully saturated rings. The Bertz CT molecular complexity index is 273. The Labute approximate surface area is 107 Å². The van der Waals surface area contributed by atoms with Crippen molar-refractivity contribution < 1.29 is 4.79 Å². The van der Waals surface area contributed by atoms with Crippen LogP contribution in [0.4, 0.5) is 0 Å². The molecule has 4 heteroatoms. The van der Waals surface area contributed by atoms with E-state index in [2.05, 4.69) is 45.7 Å². The van der Waals surface area contributed by atoms with E-state index in [4.69, 9.17) is 11.6 Å². The second-order valence-electron chi connectivity index (χ2n) is 4.14. The van der Waals surface area contributed by atoms with E-state index < -0.39 is 0 Å². The first-order chi connectivity index (χ1) is 6.38. The molecule has 1 nitrogen and oxygen atoms in total. The minimum absolute atomic E-state index is 0.00144. The van der Waals surface area contributed by atoms with Crippen molar-refractivity contribution in [2.45, 2.75) is 30.5 Å². The Kier molecular flexibility index (Phi) is 4.24. The van der Waals surface area contributed by atoms with Crippen LogP contribution in [0.3, 0.4) is 0 Å². The Morgan fingerprint density at radius 3 is 2.79 bits per heavy atom. The quantitative estimate of drug-likeness (QED) is 0.699. The van der Waals surface area contributed by atoms with Gasteiger partial charge in [0, 0.05) is 22.2 Å². The Balaban J connectivity index is 2.99. The summed E-state index contributed by atoms with van der Waals surface area (Å²) in [7, 11) is 0. The zero-order valence-corrected chi connectivity index (χ0v) is 12.1. The van der Waals surface area contributed by atoms with Crippen molar-refractivity contribution in [3.8, 4) is 0 Å². The van der Waals surface area contributed by atoms with Crippen LogP contribution >= 0.6 is 43.5 Å². The Morgan fingerprint density at radius 2 is 2.29 bits per heavy atom. The smallest absolute Gasteiger partial charge is 0.161 e. The standard InChI is InChI=1S/C10H13Br2ClO/c1-10(2)4-6(7(13)5-11)8(14)3-9(10)12/h4,7,9H,3,5H2,1-2H3/t7?,9-/m0/s1. The van der Waals surface area contributed by atoms with E-state index in [1.807, 2.05) is 6.08 Å². The van der Waals surface area contributed by atoms with Gasteiger partial charge in [0.05, 0.1) is 5.38 Å². The fourth-order valence-corrected chi connectivity index (χ4v) is 2.42. The van der Waals surface area contributed by atoms with E-state index in [0.717, 1.165) is 5.57 Å². The molecule has 0 bridgehead atoms. The van der Waals surface area contributed by atoms with Gasteiger partial charge in [-0.15, -0.1) is 11.6 Å². The molecular formula is C10H13Br2ClO. The van der Waals surface area contributed by atoms with Gasteiger partial charge >= 0.3 is 0 Å². The van der Waals surface area contributed by atoms with E-state index in [1.165, 1.54) is 0 Å². The summed E-state index contributed by atoms with van der Waals surface area (Å²) in [4.78, 5) is 11.9. The number of ketones is 1. The van der Waals surface area contributed by atoms with Crippen LogP contribution in [0.2, 0.25) is 0 Å². The number of Topliss-reactive ketones (excluding diaryl/α,β-unsaturated/α-hetero) is 1. The molecule has 0 N–H and O–H groups in total. The maximum Gasteiger partial charge on any atom is 0.161 e. The minimum Gasteiger partial charge on any atom is -0.294 e. The zero-order chi connectivity index (χ0) is 10.9. The maximum atomic E-state index is 11.7. The highest BCUT2D eigenvalue weighted by molar-refractivity contribution is 9.09. The second kappa shape index (κ2) is 4.67. The third-order valence-corrected chi connectivity index (χ3v) is 5.41. The molecule has 0 spiro atoms. The molecule has 1 aliphatic carbocycles. The number of hydrogen-bond donors (Lipinski definition) is 0. The number of alkyl halides is 3. The molecule has 0 aromatic rings. The SMILES string of the molecule is CC1(C)C=C(C(Cl)CBr)C(=O)C[C@@H]1Br. The molecular weight excluding hydrogens is 331 g/mol. The number of halogens is 3. The number of rotatable bonds is 2. The highest BCUT2D eigenvalue weighted by atomic mass is 79.9. The summed E-state index contributed by atoms with van der Waals surface area (Å²) in [6.07, 6.45) is 2.53. The normalized spacial score (nSPS) is 28.5. The lowest BCUT2D eigenvalue weighted by Crippen LogP contribution is -2.33. The maximum absolute atomic E-state index is 11.7. The second-order valence-corrected chi connectivity index (χ2v) is 6.42. The van der Waals surface area contributed by atoms with Gasteiger partial charge in [-0.2, -0.15) is 0 Å². The monoisotopic (exact) mass is 342 g/mol. The number of hydrogen-bond acceptors (Lipinski definition) is 1. The Hall–Kier alpha value is 0.660. The molecule has 2 atom stereocenters. The zero-order valence-electron chi connectivity index (χ0n) is 8.19. The van der Waals surface area contributed by atoms with Crippen molar-refractivity contribution in [2.75, 3.05) is 5.33 Å². The third-order valence-electron chi connectivity index (χ3n) is 2.49. The van der Waals surface area contributed by atoms with Crippen LogP contribution in [0.25, 0.3) is 0 Å². The Morgan fingerprint density at radius 1 is 1.71 bits per heavy atom. The molecule has 1 aliphatic rings. The molecule has 80 valence electrons. The fraction of sp³-hybridized carbons (Fsp3) is 0.700. The molecule has 0 aromatic heterocycles. The van der Waals surface area contributed by atoms with Gasteiger partial charge in [0.15, 0.2) is 5.78 Å². The lowest BCUT2D eigenvalue weighted by molar-refractivity contribution is -0.116. The van der Waals surface area contributed by atoms with Crippen molar-refractivity contribution in [2.24, 2.45) is 5.41 Å². The molecule has 0 saturated heterocycles. The van der Waals surface area contributed by atoms with Crippen molar-refractivity contribution in [1.29, 1.82) is 0 Å². The predicted octanol–water partition coefficient (Wildman–Crippen LogP) is 3.68. The van der Waals surface area contributed by atoms with Gasteiger partial charge in [0.25, 0.3) is 0 Å². The van der Waals surface area contributed by atoms with Gasteiger partial charge in [-0.1, -0.05) is 51.8 Å². The summed E-state index contributed by atoms with van der Waals surface area (Å²) in [6.45, 7) is 4.22. The summed E-state index contributed by atoms with van der Waals surface area (Å²) in [5.74, 6) is 0.158. The van der Waals surface area contributed by atoms with E-state index in [-0.39, 0.29) is 21.4 Å². The van der Waals surface area contributed by atoms with Crippen LogP contribution in [0.15, 0.2) is 11.6 Å². The number of carbonyl (C=O) groups excluding carboxylic acids is 1. The fourth-order valence-electron chi connectivity index (χ4n) is 1.46. The summed E-state index contributed by atoms with van der Waals surface area (Å²) in [5.41, 5.74) is 0.752. The van der Waals surface area contributed by atoms with Crippen molar-refractivity contribution in [1.82, 2.24) is 0 Å². The molecule has 0 heterocycles. The van der Waals surface area contributed by atoms with Crippen LogP contribution in [-0.2, 0) is 4.79 Å². The molecule has 0 aliphatic heterocycles. The average molecular weight is 344 g/mol. The first-order valence-corrected chi connectivity index (χ1v) is 6.96. The lowest BCUT2D eigenvalue weighted by Gasteiger charge is -2.33. The van der Waals surface area contributed by atoms with Crippen LogP contribution < -0.4 is 0 Å². The van der Waals surface area contributed by atoms with Crippen LogP contribution in [0.5, 0.6) is 0 Å². The first kappa shape index (κ1) is 12.7. The molecule has 1 rings (SSSR count). The highest BCUT2D eigenvalue weighted by Crippen LogP contribution is 2.38. The molecule has 0 saturated carbocycles. The van der Waals surface area contributed by atoms with Crippen molar-refractivity contribution in [3.05, 3.63) is 11.6 Å². The number of carbonyl (C=O) groups is 1. The molecule has 0 amide bonds. The van der Waals surface area contributed by atoms with E-state index in [9.17, 15) is 4.79 Å². The summed E-state index contributed by atoms with van der Waals surface area (Å²) in [6, 6.07) is 0. The van der Waals surface area contributed by atoms with Gasteiger partial charge in [0.2, 0.25) is 0 Å². The van der Waals surface area contributed by atoms with E-state index in [1.54, 1.807) is 0 Å². The molecule has 1 unspecified atom stereocenters. The summed E-state index contributed by atoms with van der Waals surface area (Å²) < 4.78 is 0. The third kappa shape index (κ3) is 2.61. The molecule has 0 aromatic carbocycles. The summed E-state index contributed by atoms with van der Waals surface area (Å²) in [5, 5.41) is 0.414. The van der Waals surface area contributed by atoms with Crippen molar-refractivity contribution in [3.63, 3.8) is 0 Å². The van der Waals surface area contributed by atoms with Gasteiger partial charge < -0.3 is 0 Å². The highest BCUT2D eigenvalue weighted by Gasteiger charge is 2.35. The topological polar surface area (TPSA) is 17.1 Å². The van der Waals surface area contributed by atoms with Gasteiger partial charge in [0.1, 0.15) is 0 Å². The van der Waals surface area contributed by atoms with Gasteiger partial charge in [-0.05, 0) is 5.41 Å². The van der Waals surface area contributed by atoms with E-state index in [0.29, 0.717) is 11.8 Å². The predicted molar refractivity (Wildman–Crippen MR) is 67.6 cm³/mol. The lowest BCUT2D eigenvalue weighted by atomic mass is 9.78. The minimum atomic E-state index is -0.207.